The molecule has 0 atom stereocenters. The van der Waals surface area contributed by atoms with Crippen LogP contribution in [0.25, 0.3) is 5.32 Å². The summed E-state index contributed by atoms with van der Waals surface area (Å²) in [6, 6.07) is 0. The first-order valence-electron chi connectivity index (χ1n) is 4.22. The van der Waals surface area contributed by atoms with Gasteiger partial charge in [0.1, 0.15) is 0 Å². The molecule has 1 aliphatic heterocycles. The third kappa shape index (κ3) is 15.3. The van der Waals surface area contributed by atoms with E-state index < -0.39 is 10.1 Å². The maximum Gasteiger partial charge on any atom is 1.00 e. The maximum atomic E-state index is 9.79. The molecule has 7 heteroatoms. The minimum atomic E-state index is -3.67. The van der Waals surface area contributed by atoms with Crippen molar-refractivity contribution in [3.63, 3.8) is 0 Å². The number of rotatable bonds is 2. The molecule has 0 saturated carbocycles. The molecule has 1 rings (SSSR count). The molecule has 1 saturated heterocycles. The molecule has 0 aromatic rings. The average molecular weight is 233 g/mol. The molecule has 0 bridgehead atoms. The van der Waals surface area contributed by atoms with Gasteiger partial charge in [0.15, 0.2) is 0 Å². The van der Waals surface area contributed by atoms with Crippen LogP contribution in [-0.4, -0.2) is 45.0 Å². The van der Waals surface area contributed by atoms with E-state index in [2.05, 4.69) is 5.32 Å². The second-order valence-corrected chi connectivity index (χ2v) is 4.14. The van der Waals surface area contributed by atoms with Gasteiger partial charge in [-0.25, -0.2) is 0 Å². The Morgan fingerprint density at radius 1 is 1.36 bits per heavy atom. The fourth-order valence-electron chi connectivity index (χ4n) is 0.730. The number of morpholine rings is 1. The van der Waals surface area contributed by atoms with Crippen LogP contribution in [0.1, 0.15) is 13.3 Å². The van der Waals surface area contributed by atoms with Gasteiger partial charge in [0.05, 0.1) is 5.75 Å². The Morgan fingerprint density at radius 3 is 1.93 bits per heavy atom. The summed E-state index contributed by atoms with van der Waals surface area (Å²) in [5.41, 5.74) is 0. The molecular weight excluding hydrogens is 217 g/mol. The first-order chi connectivity index (χ1) is 6.06. The van der Waals surface area contributed by atoms with Crippen LogP contribution in [0, 0.1) is 0 Å². The molecule has 1 fully saturated rings. The summed E-state index contributed by atoms with van der Waals surface area (Å²) in [5, 5.41) is 4.05. The second-order valence-electron chi connectivity index (χ2n) is 2.57. The quantitative estimate of drug-likeness (QED) is 0.429. The predicted octanol–water partition coefficient (Wildman–Crippen LogP) is -2.32. The van der Waals surface area contributed by atoms with Crippen molar-refractivity contribution in [2.24, 2.45) is 0 Å². The van der Waals surface area contributed by atoms with Gasteiger partial charge in [-0.3, -0.25) is 4.55 Å². The van der Waals surface area contributed by atoms with Gasteiger partial charge >= 0.3 is 29.6 Å². The van der Waals surface area contributed by atoms with Crippen molar-refractivity contribution in [1.29, 1.82) is 0 Å². The van der Waals surface area contributed by atoms with Crippen LogP contribution in [0.3, 0.4) is 0 Å². The van der Waals surface area contributed by atoms with Gasteiger partial charge in [-0.2, -0.15) is 8.42 Å². The Morgan fingerprint density at radius 2 is 1.86 bits per heavy atom. The molecule has 1 aliphatic rings. The van der Waals surface area contributed by atoms with Gasteiger partial charge in [-0.15, -0.1) is 13.1 Å². The zero-order valence-electron chi connectivity index (χ0n) is 8.77. The molecule has 1 heterocycles. The van der Waals surface area contributed by atoms with Gasteiger partial charge < -0.3 is 10.1 Å². The number of hydrogen-bond donors (Lipinski definition) is 1. The van der Waals surface area contributed by atoms with Crippen molar-refractivity contribution >= 4 is 10.1 Å². The summed E-state index contributed by atoms with van der Waals surface area (Å²) < 4.78 is 32.5. The van der Waals surface area contributed by atoms with Gasteiger partial charge in [0.2, 0.25) is 0 Å². The van der Waals surface area contributed by atoms with Crippen molar-refractivity contribution in [1.82, 2.24) is 0 Å². The molecule has 0 aromatic carbocycles. The average Bonchev–Trinajstić information content (AvgIpc) is 2.06. The topological polar surface area (TPSA) is 77.7 Å². The van der Waals surface area contributed by atoms with Crippen LogP contribution < -0.4 is 29.6 Å². The summed E-state index contributed by atoms with van der Waals surface area (Å²) in [5.74, 6) is -0.132. The van der Waals surface area contributed by atoms with E-state index in [1.807, 2.05) is 0 Å². The molecule has 0 aliphatic carbocycles. The van der Waals surface area contributed by atoms with Crippen molar-refractivity contribution in [2.75, 3.05) is 32.1 Å². The molecule has 0 radical (unpaired) electrons. The minimum absolute atomic E-state index is 0. The fourth-order valence-corrected chi connectivity index (χ4v) is 1.25. The molecule has 5 nitrogen and oxygen atoms in total. The largest absolute Gasteiger partial charge is 1.00 e. The van der Waals surface area contributed by atoms with E-state index >= 15 is 0 Å². The van der Waals surface area contributed by atoms with Crippen LogP contribution in [0.2, 0.25) is 0 Å². The molecule has 14 heavy (non-hydrogen) atoms. The Labute approximate surface area is 108 Å². The van der Waals surface area contributed by atoms with E-state index in [0.29, 0.717) is 6.42 Å². The van der Waals surface area contributed by atoms with Gasteiger partial charge in [0.25, 0.3) is 10.1 Å². The first kappa shape index (κ1) is 17.2. The predicted molar refractivity (Wildman–Crippen MR) is 50.6 cm³/mol. The minimum Gasteiger partial charge on any atom is -0.659 e. The smallest absolute Gasteiger partial charge is 0.659 e. The molecular formula is C7H16NNaO4S. The van der Waals surface area contributed by atoms with Gasteiger partial charge in [-0.1, -0.05) is 6.92 Å². The normalized spacial score (nSPS) is 16.1. The molecule has 0 spiro atoms. The van der Waals surface area contributed by atoms with Crippen molar-refractivity contribution in [2.45, 2.75) is 13.3 Å². The Bertz CT molecular complexity index is 192. The van der Waals surface area contributed by atoms with Crippen molar-refractivity contribution in [3.8, 4) is 0 Å². The number of nitrogens with zero attached hydrogens (tertiary/aromatic N) is 1. The van der Waals surface area contributed by atoms with Crippen molar-refractivity contribution < 1.29 is 47.3 Å². The summed E-state index contributed by atoms with van der Waals surface area (Å²) in [4.78, 5) is 0. The van der Waals surface area contributed by atoms with Crippen LogP contribution in [0.15, 0.2) is 0 Å². The Hall–Kier alpha value is 0.830. The van der Waals surface area contributed by atoms with Crippen molar-refractivity contribution in [3.05, 3.63) is 5.32 Å². The summed E-state index contributed by atoms with van der Waals surface area (Å²) in [7, 11) is -3.67. The zero-order chi connectivity index (χ0) is 10.2. The summed E-state index contributed by atoms with van der Waals surface area (Å²) in [6.07, 6.45) is 0.471. The third-order valence-corrected chi connectivity index (χ3v) is 2.17. The SMILES string of the molecule is C1COCC[N-]1.CCCS(=O)(=O)O.[Na+]. The summed E-state index contributed by atoms with van der Waals surface area (Å²) >= 11 is 0. The molecule has 0 aromatic heterocycles. The van der Waals surface area contributed by atoms with E-state index in [-0.39, 0.29) is 35.3 Å². The van der Waals surface area contributed by atoms with E-state index in [1.54, 1.807) is 6.92 Å². The molecule has 0 unspecified atom stereocenters. The van der Waals surface area contributed by atoms with Crippen LogP contribution in [0.5, 0.6) is 0 Å². The van der Waals surface area contributed by atoms with E-state index in [9.17, 15) is 8.42 Å². The fraction of sp³-hybridized carbons (Fsp3) is 1.00. The third-order valence-electron chi connectivity index (χ3n) is 1.25. The second kappa shape index (κ2) is 10.4. The van der Waals surface area contributed by atoms with E-state index in [4.69, 9.17) is 9.29 Å². The van der Waals surface area contributed by atoms with Gasteiger partial charge in [-0.05, 0) is 6.42 Å². The maximum absolute atomic E-state index is 9.79. The van der Waals surface area contributed by atoms with E-state index in [0.717, 1.165) is 26.3 Å². The monoisotopic (exact) mass is 233 g/mol. The Balaban J connectivity index is 0. The zero-order valence-corrected chi connectivity index (χ0v) is 11.6. The summed E-state index contributed by atoms with van der Waals surface area (Å²) in [6.45, 7) is 5.16. The standard InChI is InChI=1S/C4H8NO.C3H8O3S.Na/c1-3-6-4-2-5-1;1-2-3-7(4,5)6;/h1-4H2;2-3H2,1H3,(H,4,5,6);/q-1;;+1. The van der Waals surface area contributed by atoms with Crippen LogP contribution in [-0.2, 0) is 14.9 Å². The number of ether oxygens (including phenoxy) is 1. The molecule has 0 amide bonds. The van der Waals surface area contributed by atoms with Crippen LogP contribution >= 0.6 is 0 Å². The van der Waals surface area contributed by atoms with E-state index in [1.165, 1.54) is 0 Å². The first-order valence-corrected chi connectivity index (χ1v) is 5.83. The van der Waals surface area contributed by atoms with Crippen LogP contribution in [0.4, 0.5) is 0 Å². The number of hydrogen-bond acceptors (Lipinski definition) is 3. The molecule has 80 valence electrons. The van der Waals surface area contributed by atoms with Gasteiger partial charge in [0, 0.05) is 13.2 Å². The Kier molecular flexibility index (Phi) is 12.7. The molecule has 1 N–H and O–H groups in total.